The van der Waals surface area contributed by atoms with Gasteiger partial charge in [0.1, 0.15) is 16.2 Å². The van der Waals surface area contributed by atoms with Crippen molar-refractivity contribution < 1.29 is 17.9 Å². The molecule has 0 atom stereocenters. The Bertz CT molecular complexity index is 711. The summed E-state index contributed by atoms with van der Waals surface area (Å²) in [4.78, 5) is 12.2. The molecule has 0 bridgehead atoms. The molecule has 128 valence electrons. The van der Waals surface area contributed by atoms with Gasteiger partial charge in [-0.1, -0.05) is 0 Å². The van der Waals surface area contributed by atoms with Crippen molar-refractivity contribution in [3.05, 3.63) is 23.3 Å². The maximum atomic E-state index is 12.3. The second kappa shape index (κ2) is 6.99. The number of fused-ring (bicyclic) bond motifs is 1. The maximum Gasteiger partial charge on any atom is 0.265 e. The third kappa shape index (κ3) is 4.61. The lowest BCUT2D eigenvalue weighted by molar-refractivity contribution is 0.0805. The number of hydrogen-bond donors (Lipinski definition) is 0. The number of alkyl halides is 1. The molecule has 1 aliphatic heterocycles. The molecule has 0 saturated carbocycles. The highest BCUT2D eigenvalue weighted by atomic mass is 35.7. The predicted octanol–water partition coefficient (Wildman–Crippen LogP) is 4.31. The van der Waals surface area contributed by atoms with Crippen LogP contribution in [0.5, 0.6) is 5.75 Å². The highest BCUT2D eigenvalue weighted by molar-refractivity contribution is 8.13. The van der Waals surface area contributed by atoms with Gasteiger partial charge in [-0.2, -0.15) is 0 Å². The van der Waals surface area contributed by atoms with Crippen molar-refractivity contribution in [2.45, 2.75) is 56.4 Å². The molecule has 1 aromatic carbocycles. The Morgan fingerprint density at radius 2 is 2.00 bits per heavy atom. The highest BCUT2D eigenvalue weighted by Crippen LogP contribution is 2.40. The molecule has 0 aliphatic carbocycles. The first-order chi connectivity index (χ1) is 10.6. The van der Waals surface area contributed by atoms with Crippen LogP contribution in [0.1, 0.15) is 55.5 Å². The van der Waals surface area contributed by atoms with Crippen molar-refractivity contribution in [2.75, 3.05) is 5.88 Å². The zero-order chi connectivity index (χ0) is 17.3. The maximum absolute atomic E-state index is 12.3. The number of aryl methyl sites for hydroxylation is 1. The Hall–Kier alpha value is -0.780. The van der Waals surface area contributed by atoms with Crippen molar-refractivity contribution >= 4 is 37.1 Å². The average molecular weight is 379 g/mol. The molecule has 0 aromatic heterocycles. The second-order valence-electron chi connectivity index (χ2n) is 6.33. The van der Waals surface area contributed by atoms with E-state index in [0.717, 1.165) is 12.8 Å². The number of ketones is 1. The fourth-order valence-corrected chi connectivity index (χ4v) is 3.79. The van der Waals surface area contributed by atoms with Crippen LogP contribution in [0.15, 0.2) is 17.0 Å². The van der Waals surface area contributed by atoms with Crippen LogP contribution < -0.4 is 4.74 Å². The van der Waals surface area contributed by atoms with E-state index >= 15 is 0 Å². The van der Waals surface area contributed by atoms with Crippen LogP contribution in [-0.2, 0) is 15.5 Å². The number of carbonyl (C=O) groups excluding carboxylic acids is 1. The Labute approximate surface area is 146 Å². The zero-order valence-corrected chi connectivity index (χ0v) is 15.5. The summed E-state index contributed by atoms with van der Waals surface area (Å²) in [6, 6.07) is 3.05. The Balaban J connectivity index is 2.43. The van der Waals surface area contributed by atoms with E-state index in [2.05, 4.69) is 0 Å². The first kappa shape index (κ1) is 18.6. The van der Waals surface area contributed by atoms with Gasteiger partial charge in [0.15, 0.2) is 5.78 Å². The van der Waals surface area contributed by atoms with E-state index in [0.29, 0.717) is 36.3 Å². The fourth-order valence-electron chi connectivity index (χ4n) is 2.59. The smallest absolute Gasteiger partial charge is 0.265 e. The molecule has 0 unspecified atom stereocenters. The number of unbranched alkanes of at least 4 members (excludes halogenated alkanes) is 1. The van der Waals surface area contributed by atoms with Crippen molar-refractivity contribution in [1.82, 2.24) is 0 Å². The molecular weight excluding hydrogens is 359 g/mol. The zero-order valence-electron chi connectivity index (χ0n) is 13.2. The molecule has 4 nitrogen and oxygen atoms in total. The number of benzene rings is 1. The Kier molecular flexibility index (Phi) is 5.64. The molecule has 23 heavy (non-hydrogen) atoms. The van der Waals surface area contributed by atoms with Crippen LogP contribution in [0.3, 0.4) is 0 Å². The number of hydrogen-bond acceptors (Lipinski definition) is 4. The van der Waals surface area contributed by atoms with E-state index in [1.54, 1.807) is 6.07 Å². The second-order valence-corrected chi connectivity index (χ2v) is 9.24. The number of halogens is 2. The summed E-state index contributed by atoms with van der Waals surface area (Å²) in [5.41, 5.74) is 0.613. The van der Waals surface area contributed by atoms with Gasteiger partial charge in [-0.15, -0.1) is 11.6 Å². The topological polar surface area (TPSA) is 60.4 Å². The van der Waals surface area contributed by atoms with Gasteiger partial charge in [-0.05, 0) is 57.2 Å². The first-order valence-electron chi connectivity index (χ1n) is 7.54. The summed E-state index contributed by atoms with van der Waals surface area (Å²) in [6.45, 7) is 3.79. The van der Waals surface area contributed by atoms with Gasteiger partial charge >= 0.3 is 0 Å². The summed E-state index contributed by atoms with van der Waals surface area (Å²) >= 11 is 5.61. The first-order valence-corrected chi connectivity index (χ1v) is 10.4. The lowest BCUT2D eigenvalue weighted by Gasteiger charge is -2.33. The largest absolute Gasteiger partial charge is 0.486 e. The van der Waals surface area contributed by atoms with Gasteiger partial charge in [0.05, 0.1) is 0 Å². The number of rotatable bonds is 6. The van der Waals surface area contributed by atoms with Crippen molar-refractivity contribution in [1.29, 1.82) is 0 Å². The van der Waals surface area contributed by atoms with Crippen LogP contribution in [0.4, 0.5) is 0 Å². The van der Waals surface area contributed by atoms with Gasteiger partial charge in [0.25, 0.3) is 9.05 Å². The standard InChI is InChI=1S/C16H20Cl2O4S/c1-16(2)7-6-11-9-12(13(19)5-3-4-8-17)10-14(15(11)22-16)23(18,20)21/h9-10H,3-8H2,1-2H3. The van der Waals surface area contributed by atoms with Gasteiger partial charge < -0.3 is 4.74 Å². The summed E-state index contributed by atoms with van der Waals surface area (Å²) in [5, 5.41) is 0. The highest BCUT2D eigenvalue weighted by Gasteiger charge is 2.32. The summed E-state index contributed by atoms with van der Waals surface area (Å²) in [6.07, 6.45) is 3.14. The van der Waals surface area contributed by atoms with Crippen LogP contribution >= 0.6 is 22.3 Å². The molecule has 2 rings (SSSR count). The van der Waals surface area contributed by atoms with Crippen LogP contribution in [-0.4, -0.2) is 25.7 Å². The molecule has 0 radical (unpaired) electrons. The predicted molar refractivity (Wildman–Crippen MR) is 91.4 cm³/mol. The molecule has 1 aliphatic rings. The van der Waals surface area contributed by atoms with E-state index in [-0.39, 0.29) is 16.4 Å². The molecule has 0 saturated heterocycles. The minimum absolute atomic E-state index is 0.107. The van der Waals surface area contributed by atoms with Crippen molar-refractivity contribution in [2.24, 2.45) is 0 Å². The molecule has 1 aromatic rings. The Morgan fingerprint density at radius 1 is 1.30 bits per heavy atom. The van der Waals surface area contributed by atoms with E-state index in [1.807, 2.05) is 13.8 Å². The fraction of sp³-hybridized carbons (Fsp3) is 0.562. The monoisotopic (exact) mass is 378 g/mol. The Morgan fingerprint density at radius 3 is 2.61 bits per heavy atom. The van der Waals surface area contributed by atoms with Gasteiger partial charge in [0, 0.05) is 28.5 Å². The van der Waals surface area contributed by atoms with Crippen molar-refractivity contribution in [3.63, 3.8) is 0 Å². The summed E-state index contributed by atoms with van der Waals surface area (Å²) in [5.74, 6) is 0.666. The molecule has 0 spiro atoms. The van der Waals surface area contributed by atoms with Crippen LogP contribution in [0, 0.1) is 0 Å². The van der Waals surface area contributed by atoms with E-state index < -0.39 is 14.7 Å². The van der Waals surface area contributed by atoms with E-state index in [9.17, 15) is 13.2 Å². The van der Waals surface area contributed by atoms with Crippen LogP contribution in [0.2, 0.25) is 0 Å². The van der Waals surface area contributed by atoms with Gasteiger partial charge in [0.2, 0.25) is 0 Å². The number of carbonyl (C=O) groups is 1. The average Bonchev–Trinajstić information content (AvgIpc) is 2.44. The number of ether oxygens (including phenoxy) is 1. The lowest BCUT2D eigenvalue weighted by Crippen LogP contribution is -2.33. The SMILES string of the molecule is CC1(C)CCc2cc(C(=O)CCCCCl)cc(S(=O)(=O)Cl)c2O1. The summed E-state index contributed by atoms with van der Waals surface area (Å²) < 4.78 is 29.6. The third-order valence-corrected chi connectivity index (χ3v) is 5.47. The molecule has 0 N–H and O–H groups in total. The normalized spacial score (nSPS) is 16.5. The minimum atomic E-state index is -4.00. The van der Waals surface area contributed by atoms with E-state index in [1.165, 1.54) is 6.07 Å². The summed E-state index contributed by atoms with van der Waals surface area (Å²) in [7, 11) is 1.55. The minimum Gasteiger partial charge on any atom is -0.486 e. The lowest BCUT2D eigenvalue weighted by atomic mass is 9.92. The molecule has 0 amide bonds. The molecule has 7 heteroatoms. The van der Waals surface area contributed by atoms with E-state index in [4.69, 9.17) is 27.0 Å². The van der Waals surface area contributed by atoms with Gasteiger partial charge in [-0.3, -0.25) is 4.79 Å². The number of Topliss-reactive ketones (excluding diaryl/α,β-unsaturated/α-hetero) is 1. The van der Waals surface area contributed by atoms with Crippen LogP contribution in [0.25, 0.3) is 0 Å². The molecule has 0 fully saturated rings. The quantitative estimate of drug-likeness (QED) is 0.320. The van der Waals surface area contributed by atoms with Gasteiger partial charge in [-0.25, -0.2) is 8.42 Å². The molecular formula is C16H20Cl2O4S. The third-order valence-electron chi connectivity index (χ3n) is 3.88. The van der Waals surface area contributed by atoms with Crippen molar-refractivity contribution in [3.8, 4) is 5.75 Å². The molecule has 1 heterocycles.